The Labute approximate surface area is 133 Å². The first kappa shape index (κ1) is 15.1. The lowest BCUT2D eigenvalue weighted by atomic mass is 10.1. The Hall–Kier alpha value is -1.82. The Balaban J connectivity index is 1.72. The molecule has 1 aliphatic rings. The summed E-state index contributed by atoms with van der Waals surface area (Å²) in [7, 11) is 0. The molecule has 0 radical (unpaired) electrons. The van der Waals surface area contributed by atoms with E-state index in [-0.39, 0.29) is 24.4 Å². The van der Waals surface area contributed by atoms with E-state index in [1.807, 2.05) is 12.1 Å². The number of carbonyl (C=O) groups is 1. The van der Waals surface area contributed by atoms with Gasteiger partial charge in [0, 0.05) is 11.6 Å². The second kappa shape index (κ2) is 6.52. The van der Waals surface area contributed by atoms with Crippen LogP contribution in [0.2, 0.25) is 5.02 Å². The Kier molecular flexibility index (Phi) is 4.47. The zero-order chi connectivity index (χ0) is 15.5. The smallest absolute Gasteiger partial charge is 0.289 e. The summed E-state index contributed by atoms with van der Waals surface area (Å²) >= 11 is 5.89. The molecule has 1 saturated heterocycles. The van der Waals surface area contributed by atoms with Crippen molar-refractivity contribution in [2.24, 2.45) is 0 Å². The molecule has 1 aliphatic heterocycles. The highest BCUT2D eigenvalue weighted by Crippen LogP contribution is 2.25. The topological polar surface area (TPSA) is 62.9 Å². The number of hydrogen-bond donors (Lipinski definition) is 1. The standard InChI is InChI=1S/C16H16ClNO4/c17-12-3-1-11(2-4-12)15-9-18(7-8-21-15)16(20)14-6-5-13(10-19)22-14/h1-6,15,19H,7-10H2/t15-/m0/s1. The number of ether oxygens (including phenoxy) is 1. The van der Waals surface area contributed by atoms with Crippen molar-refractivity contribution in [2.45, 2.75) is 12.7 Å². The van der Waals surface area contributed by atoms with Crippen molar-refractivity contribution >= 4 is 17.5 Å². The van der Waals surface area contributed by atoms with E-state index in [0.29, 0.717) is 30.5 Å². The Morgan fingerprint density at radius 3 is 2.73 bits per heavy atom. The maximum atomic E-state index is 12.4. The predicted molar refractivity (Wildman–Crippen MR) is 80.7 cm³/mol. The average molecular weight is 322 g/mol. The van der Waals surface area contributed by atoms with Gasteiger partial charge in [-0.15, -0.1) is 0 Å². The number of rotatable bonds is 3. The third kappa shape index (κ3) is 3.16. The fourth-order valence-corrected chi connectivity index (χ4v) is 2.57. The molecule has 6 heteroatoms. The Bertz CT molecular complexity index is 652. The van der Waals surface area contributed by atoms with Gasteiger partial charge in [0.1, 0.15) is 18.5 Å². The van der Waals surface area contributed by atoms with Gasteiger partial charge in [0.15, 0.2) is 5.76 Å². The fraction of sp³-hybridized carbons (Fsp3) is 0.312. The molecule has 0 spiro atoms. The number of hydrogen-bond acceptors (Lipinski definition) is 4. The third-order valence-corrected chi connectivity index (χ3v) is 3.88. The number of carbonyl (C=O) groups excluding carboxylic acids is 1. The maximum absolute atomic E-state index is 12.4. The number of halogens is 1. The van der Waals surface area contributed by atoms with Gasteiger partial charge in [-0.05, 0) is 29.8 Å². The van der Waals surface area contributed by atoms with Crippen molar-refractivity contribution in [1.29, 1.82) is 0 Å². The fourth-order valence-electron chi connectivity index (χ4n) is 2.45. The lowest BCUT2D eigenvalue weighted by Crippen LogP contribution is -2.42. The SMILES string of the molecule is O=C(c1ccc(CO)o1)N1CCO[C@H](c2ccc(Cl)cc2)C1. The summed E-state index contributed by atoms with van der Waals surface area (Å²) < 4.78 is 11.0. The molecule has 3 rings (SSSR count). The van der Waals surface area contributed by atoms with Crippen LogP contribution in [0.4, 0.5) is 0 Å². The van der Waals surface area contributed by atoms with E-state index in [1.165, 1.54) is 0 Å². The summed E-state index contributed by atoms with van der Waals surface area (Å²) in [4.78, 5) is 14.1. The zero-order valence-electron chi connectivity index (χ0n) is 11.9. The molecule has 5 nitrogen and oxygen atoms in total. The van der Waals surface area contributed by atoms with Crippen LogP contribution in [0.25, 0.3) is 0 Å². The molecule has 2 aromatic rings. The van der Waals surface area contributed by atoms with E-state index >= 15 is 0 Å². The summed E-state index contributed by atoms with van der Waals surface area (Å²) in [6.45, 7) is 1.21. The number of morpholine rings is 1. The lowest BCUT2D eigenvalue weighted by Gasteiger charge is -2.32. The molecule has 1 aromatic heterocycles. The Morgan fingerprint density at radius 2 is 2.05 bits per heavy atom. The van der Waals surface area contributed by atoms with Gasteiger partial charge in [-0.3, -0.25) is 4.79 Å². The van der Waals surface area contributed by atoms with Crippen LogP contribution in [-0.2, 0) is 11.3 Å². The highest BCUT2D eigenvalue weighted by Gasteiger charge is 2.27. The van der Waals surface area contributed by atoms with Gasteiger partial charge in [0.05, 0.1) is 13.2 Å². The van der Waals surface area contributed by atoms with E-state index in [2.05, 4.69) is 0 Å². The predicted octanol–water partition coefficient (Wildman–Crippen LogP) is 2.64. The normalized spacial score (nSPS) is 18.5. The van der Waals surface area contributed by atoms with E-state index in [0.717, 1.165) is 5.56 Å². The lowest BCUT2D eigenvalue weighted by molar-refractivity contribution is -0.0238. The van der Waals surface area contributed by atoms with Crippen LogP contribution in [-0.4, -0.2) is 35.6 Å². The van der Waals surface area contributed by atoms with Crippen molar-refractivity contribution in [3.05, 3.63) is 58.5 Å². The third-order valence-electron chi connectivity index (χ3n) is 3.62. The second-order valence-electron chi connectivity index (χ2n) is 5.09. The van der Waals surface area contributed by atoms with Gasteiger partial charge in [-0.1, -0.05) is 23.7 Å². The summed E-state index contributed by atoms with van der Waals surface area (Å²) in [6.07, 6.45) is -0.178. The minimum absolute atomic E-state index is 0.178. The molecule has 1 aromatic carbocycles. The Morgan fingerprint density at radius 1 is 1.27 bits per heavy atom. The minimum atomic E-state index is -0.218. The van der Waals surface area contributed by atoms with Crippen LogP contribution < -0.4 is 0 Å². The van der Waals surface area contributed by atoms with Crippen LogP contribution in [0.1, 0.15) is 28.0 Å². The highest BCUT2D eigenvalue weighted by molar-refractivity contribution is 6.30. The van der Waals surface area contributed by atoms with E-state index < -0.39 is 0 Å². The van der Waals surface area contributed by atoms with E-state index in [4.69, 9.17) is 25.9 Å². The second-order valence-corrected chi connectivity index (χ2v) is 5.52. The average Bonchev–Trinajstić information content (AvgIpc) is 3.04. The van der Waals surface area contributed by atoms with Gasteiger partial charge in [0.2, 0.25) is 0 Å². The quantitative estimate of drug-likeness (QED) is 0.944. The number of aliphatic hydroxyl groups excluding tert-OH is 1. The summed E-state index contributed by atoms with van der Waals surface area (Å²) in [5.41, 5.74) is 0.984. The van der Waals surface area contributed by atoms with Gasteiger partial charge >= 0.3 is 0 Å². The van der Waals surface area contributed by atoms with Gasteiger partial charge < -0.3 is 19.2 Å². The van der Waals surface area contributed by atoms with Gasteiger partial charge in [0.25, 0.3) is 5.91 Å². The first-order chi connectivity index (χ1) is 10.7. The number of nitrogens with zero attached hydrogens (tertiary/aromatic N) is 1. The van der Waals surface area contributed by atoms with Crippen molar-refractivity contribution < 1.29 is 19.1 Å². The van der Waals surface area contributed by atoms with Gasteiger partial charge in [-0.25, -0.2) is 0 Å². The van der Waals surface area contributed by atoms with Crippen LogP contribution in [0.5, 0.6) is 0 Å². The maximum Gasteiger partial charge on any atom is 0.289 e. The number of aliphatic hydroxyl groups is 1. The monoisotopic (exact) mass is 321 g/mol. The molecular formula is C16H16ClNO4. The molecule has 0 bridgehead atoms. The summed E-state index contributed by atoms with van der Waals surface area (Å²) in [5, 5.41) is 9.67. The minimum Gasteiger partial charge on any atom is -0.453 e. The van der Waals surface area contributed by atoms with E-state index in [1.54, 1.807) is 29.2 Å². The zero-order valence-corrected chi connectivity index (χ0v) is 12.6. The largest absolute Gasteiger partial charge is 0.453 e. The summed E-state index contributed by atoms with van der Waals surface area (Å²) in [6, 6.07) is 10.6. The van der Waals surface area contributed by atoms with Crippen LogP contribution >= 0.6 is 11.6 Å². The molecule has 0 saturated carbocycles. The molecule has 1 fully saturated rings. The number of furan rings is 1. The van der Waals surface area contributed by atoms with E-state index in [9.17, 15) is 4.79 Å². The van der Waals surface area contributed by atoms with Crippen molar-refractivity contribution in [1.82, 2.24) is 4.90 Å². The number of amides is 1. The van der Waals surface area contributed by atoms with Crippen molar-refractivity contribution in [2.75, 3.05) is 19.7 Å². The molecular weight excluding hydrogens is 306 g/mol. The molecule has 1 atom stereocenters. The molecule has 0 aliphatic carbocycles. The first-order valence-electron chi connectivity index (χ1n) is 7.03. The van der Waals surface area contributed by atoms with Crippen LogP contribution in [0, 0.1) is 0 Å². The molecule has 1 N–H and O–H groups in total. The highest BCUT2D eigenvalue weighted by atomic mass is 35.5. The molecule has 22 heavy (non-hydrogen) atoms. The molecule has 2 heterocycles. The molecule has 1 amide bonds. The summed E-state index contributed by atoms with van der Waals surface area (Å²) in [5.74, 6) is 0.425. The van der Waals surface area contributed by atoms with Crippen LogP contribution in [0.3, 0.4) is 0 Å². The molecule has 0 unspecified atom stereocenters. The number of benzene rings is 1. The first-order valence-corrected chi connectivity index (χ1v) is 7.41. The molecule has 116 valence electrons. The van der Waals surface area contributed by atoms with Gasteiger partial charge in [-0.2, -0.15) is 0 Å². The van der Waals surface area contributed by atoms with Crippen molar-refractivity contribution in [3.8, 4) is 0 Å². The van der Waals surface area contributed by atoms with Crippen LogP contribution in [0.15, 0.2) is 40.8 Å². The van der Waals surface area contributed by atoms with Crippen molar-refractivity contribution in [3.63, 3.8) is 0 Å².